The van der Waals surface area contributed by atoms with Gasteiger partial charge in [-0.15, -0.1) is 0 Å². The zero-order valence-electron chi connectivity index (χ0n) is 11.2. The fourth-order valence-electron chi connectivity index (χ4n) is 2.31. The summed E-state index contributed by atoms with van der Waals surface area (Å²) >= 11 is 0. The van der Waals surface area contributed by atoms with E-state index in [0.29, 0.717) is 19.1 Å². The highest BCUT2D eigenvalue weighted by Crippen LogP contribution is 2.22. The van der Waals surface area contributed by atoms with E-state index in [-0.39, 0.29) is 18.5 Å². The summed E-state index contributed by atoms with van der Waals surface area (Å²) in [6.07, 6.45) is 1.23. The van der Waals surface area contributed by atoms with Gasteiger partial charge >= 0.3 is 12.0 Å². The van der Waals surface area contributed by atoms with Gasteiger partial charge in [0.25, 0.3) is 0 Å². The van der Waals surface area contributed by atoms with E-state index in [1.807, 2.05) is 6.92 Å². The molecule has 1 saturated heterocycles. The molecule has 2 amide bonds. The number of aliphatic carboxylic acids is 1. The van der Waals surface area contributed by atoms with Crippen LogP contribution in [0.5, 0.6) is 0 Å². The minimum Gasteiger partial charge on any atom is -0.480 e. The molecule has 0 aromatic rings. The van der Waals surface area contributed by atoms with E-state index in [1.54, 1.807) is 4.90 Å². The minimum atomic E-state index is -1.03. The summed E-state index contributed by atoms with van der Waals surface area (Å²) in [5.74, 6) is -0.562. The number of nitrogens with one attached hydrogen (secondary N) is 1. The Kier molecular flexibility index (Phi) is 5.40. The Balaban J connectivity index is 2.53. The zero-order chi connectivity index (χ0) is 13.7. The summed E-state index contributed by atoms with van der Waals surface area (Å²) in [6.45, 7) is 5.06. The molecule has 6 nitrogen and oxygen atoms in total. The van der Waals surface area contributed by atoms with Crippen LogP contribution in [0.1, 0.15) is 26.7 Å². The molecule has 1 fully saturated rings. The van der Waals surface area contributed by atoms with Crippen molar-refractivity contribution in [1.29, 1.82) is 0 Å². The minimum absolute atomic E-state index is 0.164. The van der Waals surface area contributed by atoms with Crippen molar-refractivity contribution in [2.75, 3.05) is 20.3 Å². The number of carbonyl (C=O) groups excluding carboxylic acids is 1. The van der Waals surface area contributed by atoms with E-state index in [0.717, 1.165) is 6.42 Å². The average Bonchev–Trinajstić information content (AvgIpc) is 2.63. The molecule has 0 aromatic carbocycles. The Hall–Kier alpha value is -1.30. The summed E-state index contributed by atoms with van der Waals surface area (Å²) < 4.78 is 4.84. The highest BCUT2D eigenvalue weighted by Gasteiger charge is 2.31. The monoisotopic (exact) mass is 258 g/mol. The van der Waals surface area contributed by atoms with Crippen molar-refractivity contribution in [2.45, 2.75) is 38.8 Å². The third-order valence-corrected chi connectivity index (χ3v) is 3.25. The molecule has 1 rings (SSSR count). The fourth-order valence-corrected chi connectivity index (χ4v) is 2.31. The number of carbonyl (C=O) groups is 2. The van der Waals surface area contributed by atoms with Crippen LogP contribution in [0.4, 0.5) is 4.79 Å². The SMILES string of the molecule is COCCC(NC(=O)N1CC(C)CC1C)C(=O)O. The highest BCUT2D eigenvalue weighted by atomic mass is 16.5. The average molecular weight is 258 g/mol. The number of hydrogen-bond donors (Lipinski definition) is 2. The number of ether oxygens (including phenoxy) is 1. The second-order valence-electron chi connectivity index (χ2n) is 4.96. The predicted octanol–water partition coefficient (Wildman–Crippen LogP) is 0.916. The third kappa shape index (κ3) is 3.87. The number of nitrogens with zero attached hydrogens (tertiary/aromatic N) is 1. The molecule has 0 bridgehead atoms. The lowest BCUT2D eigenvalue weighted by molar-refractivity contribution is -0.139. The first kappa shape index (κ1) is 14.8. The molecule has 0 radical (unpaired) electrons. The van der Waals surface area contributed by atoms with Gasteiger partial charge in [-0.25, -0.2) is 9.59 Å². The highest BCUT2D eigenvalue weighted by molar-refractivity contribution is 5.82. The molecule has 3 atom stereocenters. The van der Waals surface area contributed by atoms with Gasteiger partial charge in [0.05, 0.1) is 0 Å². The molecule has 1 aliphatic heterocycles. The van der Waals surface area contributed by atoms with Crippen molar-refractivity contribution in [2.24, 2.45) is 5.92 Å². The number of methoxy groups -OCH3 is 1. The van der Waals surface area contributed by atoms with E-state index < -0.39 is 12.0 Å². The molecular weight excluding hydrogens is 236 g/mol. The summed E-state index contributed by atoms with van der Waals surface area (Å²) in [7, 11) is 1.50. The first-order valence-corrected chi connectivity index (χ1v) is 6.24. The molecule has 1 heterocycles. The smallest absolute Gasteiger partial charge is 0.326 e. The topological polar surface area (TPSA) is 78.9 Å². The molecule has 3 unspecified atom stereocenters. The maximum atomic E-state index is 12.0. The maximum Gasteiger partial charge on any atom is 0.326 e. The predicted molar refractivity (Wildman–Crippen MR) is 66.4 cm³/mol. The largest absolute Gasteiger partial charge is 0.480 e. The Labute approximate surface area is 107 Å². The van der Waals surface area contributed by atoms with Crippen LogP contribution in [0.3, 0.4) is 0 Å². The molecular formula is C12H22N2O4. The van der Waals surface area contributed by atoms with Crippen molar-refractivity contribution in [3.05, 3.63) is 0 Å². The Bertz CT molecular complexity index is 308. The quantitative estimate of drug-likeness (QED) is 0.768. The normalized spacial score (nSPS) is 24.9. The second kappa shape index (κ2) is 6.58. The van der Waals surface area contributed by atoms with E-state index in [2.05, 4.69) is 12.2 Å². The van der Waals surface area contributed by atoms with Gasteiger partial charge < -0.3 is 20.1 Å². The van der Waals surface area contributed by atoms with Gasteiger partial charge in [0.15, 0.2) is 0 Å². The Morgan fingerprint density at radius 1 is 1.50 bits per heavy atom. The molecule has 0 spiro atoms. The van der Waals surface area contributed by atoms with E-state index in [4.69, 9.17) is 9.84 Å². The number of carboxylic acid groups (broad SMARTS) is 1. The van der Waals surface area contributed by atoms with Crippen molar-refractivity contribution in [3.63, 3.8) is 0 Å². The van der Waals surface area contributed by atoms with Crippen molar-refractivity contribution in [3.8, 4) is 0 Å². The first-order valence-electron chi connectivity index (χ1n) is 6.24. The molecule has 0 saturated carbocycles. The number of carboxylic acids is 1. The summed E-state index contributed by atoms with van der Waals surface area (Å²) in [6, 6.07) is -1.02. The molecule has 2 N–H and O–H groups in total. The van der Waals surface area contributed by atoms with Crippen molar-refractivity contribution in [1.82, 2.24) is 10.2 Å². The van der Waals surface area contributed by atoms with E-state index in [9.17, 15) is 9.59 Å². The van der Waals surface area contributed by atoms with Crippen molar-refractivity contribution >= 4 is 12.0 Å². The van der Waals surface area contributed by atoms with Gasteiger partial charge in [-0.05, 0) is 19.3 Å². The van der Waals surface area contributed by atoms with Crippen LogP contribution >= 0.6 is 0 Å². The van der Waals surface area contributed by atoms with Gasteiger partial charge in [0.2, 0.25) is 0 Å². The Morgan fingerprint density at radius 3 is 2.61 bits per heavy atom. The summed E-state index contributed by atoms with van der Waals surface area (Å²) in [5, 5.41) is 11.6. The van der Waals surface area contributed by atoms with Crippen molar-refractivity contribution < 1.29 is 19.4 Å². The molecule has 1 aliphatic rings. The van der Waals surface area contributed by atoms with Gasteiger partial charge in [-0.2, -0.15) is 0 Å². The summed E-state index contributed by atoms with van der Waals surface area (Å²) in [5.41, 5.74) is 0. The number of amides is 2. The zero-order valence-corrected chi connectivity index (χ0v) is 11.2. The standard InChI is InChI=1S/C12H22N2O4/c1-8-6-9(2)14(7-8)12(17)13-10(11(15)16)4-5-18-3/h8-10H,4-7H2,1-3H3,(H,13,17)(H,15,16). The molecule has 18 heavy (non-hydrogen) atoms. The third-order valence-electron chi connectivity index (χ3n) is 3.25. The Morgan fingerprint density at radius 2 is 2.17 bits per heavy atom. The van der Waals surface area contributed by atoms with Crippen LogP contribution < -0.4 is 5.32 Å². The lowest BCUT2D eigenvalue weighted by atomic mass is 10.1. The number of likely N-dealkylation sites (tertiary alicyclic amines) is 1. The number of urea groups is 1. The molecule has 0 aliphatic carbocycles. The maximum absolute atomic E-state index is 12.0. The van der Waals surface area contributed by atoms with E-state index >= 15 is 0 Å². The van der Waals surface area contributed by atoms with Gasteiger partial charge in [0.1, 0.15) is 6.04 Å². The van der Waals surface area contributed by atoms with Gasteiger partial charge in [-0.1, -0.05) is 6.92 Å². The number of hydrogen-bond acceptors (Lipinski definition) is 3. The van der Waals surface area contributed by atoms with Crippen LogP contribution in [0.25, 0.3) is 0 Å². The molecule has 0 aromatic heterocycles. The van der Waals surface area contributed by atoms with Gasteiger partial charge in [0, 0.05) is 32.7 Å². The van der Waals surface area contributed by atoms with Crippen LogP contribution in [0, 0.1) is 5.92 Å². The van der Waals surface area contributed by atoms with Gasteiger partial charge in [-0.3, -0.25) is 0 Å². The number of rotatable bonds is 5. The lowest BCUT2D eigenvalue weighted by Crippen LogP contribution is -2.49. The van der Waals surface area contributed by atoms with Crippen LogP contribution in [0.2, 0.25) is 0 Å². The first-order chi connectivity index (χ1) is 8.45. The molecule has 104 valence electrons. The van der Waals surface area contributed by atoms with Crippen LogP contribution in [-0.4, -0.2) is 54.4 Å². The van der Waals surface area contributed by atoms with E-state index in [1.165, 1.54) is 7.11 Å². The second-order valence-corrected chi connectivity index (χ2v) is 4.96. The van der Waals surface area contributed by atoms with Crippen LogP contribution in [-0.2, 0) is 9.53 Å². The van der Waals surface area contributed by atoms with Crippen LogP contribution in [0.15, 0.2) is 0 Å². The fraction of sp³-hybridized carbons (Fsp3) is 0.833. The molecule has 6 heteroatoms. The lowest BCUT2D eigenvalue weighted by Gasteiger charge is -2.24. The summed E-state index contributed by atoms with van der Waals surface area (Å²) in [4.78, 5) is 24.7.